The third-order valence-electron chi connectivity index (χ3n) is 4.98. The van der Waals surface area contributed by atoms with Gasteiger partial charge in [0.15, 0.2) is 0 Å². The van der Waals surface area contributed by atoms with E-state index in [9.17, 15) is 9.59 Å². The van der Waals surface area contributed by atoms with E-state index in [0.717, 1.165) is 0 Å². The predicted molar refractivity (Wildman–Crippen MR) is 139 cm³/mol. The Morgan fingerprint density at radius 1 is 1.11 bits per heavy atom. The maximum atomic E-state index is 13.6. The van der Waals surface area contributed by atoms with Gasteiger partial charge >= 0.3 is 12.1 Å². The first-order valence-electron chi connectivity index (χ1n) is 11.3. The lowest BCUT2D eigenvalue weighted by Gasteiger charge is -2.29. The number of rotatable bonds is 5. The van der Waals surface area contributed by atoms with Crippen LogP contribution in [-0.4, -0.2) is 34.1 Å². The van der Waals surface area contributed by atoms with E-state index in [-0.39, 0.29) is 18.0 Å². The molecule has 2 aromatic carbocycles. The number of esters is 1. The van der Waals surface area contributed by atoms with Gasteiger partial charge in [0.1, 0.15) is 11.4 Å². The monoisotopic (exact) mass is 508 g/mol. The lowest BCUT2D eigenvalue weighted by Crippen LogP contribution is -2.53. The zero-order valence-electron chi connectivity index (χ0n) is 20.9. The van der Waals surface area contributed by atoms with Gasteiger partial charge in [0.2, 0.25) is 5.54 Å². The van der Waals surface area contributed by atoms with Crippen molar-refractivity contribution in [3.05, 3.63) is 76.4 Å². The van der Waals surface area contributed by atoms with Crippen LogP contribution in [0, 0.1) is 18.8 Å². The van der Waals surface area contributed by atoms with Gasteiger partial charge in [-0.1, -0.05) is 41.6 Å². The molecule has 3 N–H and O–H groups in total. The number of ether oxygens (including phenoxy) is 2. The van der Waals surface area contributed by atoms with Crippen LogP contribution in [0.15, 0.2) is 54.6 Å². The number of anilines is 1. The smallest absolute Gasteiger partial charge is 0.409 e. The number of hydrogen-bond donors (Lipinski definition) is 2. The molecule has 0 spiro atoms. The van der Waals surface area contributed by atoms with Crippen molar-refractivity contribution in [1.82, 2.24) is 15.1 Å². The van der Waals surface area contributed by atoms with Crippen molar-refractivity contribution in [2.24, 2.45) is 0 Å². The van der Waals surface area contributed by atoms with E-state index in [1.807, 2.05) is 18.2 Å². The highest BCUT2D eigenvalue weighted by molar-refractivity contribution is 6.30. The van der Waals surface area contributed by atoms with Crippen LogP contribution in [0.2, 0.25) is 5.02 Å². The first kappa shape index (κ1) is 26.6. The molecule has 188 valence electrons. The van der Waals surface area contributed by atoms with Crippen LogP contribution >= 0.6 is 11.6 Å². The minimum absolute atomic E-state index is 0.0495. The van der Waals surface area contributed by atoms with Gasteiger partial charge in [-0.15, -0.1) is 0 Å². The summed E-state index contributed by atoms with van der Waals surface area (Å²) in [6.07, 6.45) is -0.865. The molecule has 0 aliphatic rings. The van der Waals surface area contributed by atoms with E-state index in [1.54, 1.807) is 71.0 Å². The van der Waals surface area contributed by atoms with Crippen molar-refractivity contribution in [2.45, 2.75) is 45.8 Å². The Morgan fingerprint density at radius 2 is 1.75 bits per heavy atom. The third kappa shape index (κ3) is 5.99. The molecule has 0 bridgehead atoms. The Balaban J connectivity index is 2.27. The molecule has 0 unspecified atom stereocenters. The highest BCUT2D eigenvalue weighted by atomic mass is 35.5. The second kappa shape index (κ2) is 10.8. The molecule has 0 saturated heterocycles. The van der Waals surface area contributed by atoms with E-state index in [1.165, 1.54) is 4.68 Å². The zero-order valence-corrected chi connectivity index (χ0v) is 21.6. The molecular formula is C27H29ClN4O4. The van der Waals surface area contributed by atoms with Crippen molar-refractivity contribution in [2.75, 3.05) is 12.3 Å². The Labute approximate surface area is 215 Å². The number of halogens is 1. The number of carbonyl (C=O) groups is 2. The van der Waals surface area contributed by atoms with Gasteiger partial charge in [0, 0.05) is 10.6 Å². The molecule has 3 aromatic rings. The molecule has 1 heterocycles. The number of aryl methyl sites for hydroxylation is 1. The first-order valence-corrected chi connectivity index (χ1v) is 11.7. The van der Waals surface area contributed by atoms with E-state index >= 15 is 0 Å². The summed E-state index contributed by atoms with van der Waals surface area (Å²) < 4.78 is 12.3. The maximum Gasteiger partial charge on any atom is 0.409 e. The molecule has 0 aliphatic heterocycles. The average Bonchev–Trinajstić information content (AvgIpc) is 3.11. The standard InChI is InChI=1S/C27H29ClN4O4/c1-6-35-24(33)27(30-25(34)36-26(3,4)5,17-16-19-10-8-7-9-11-19)22-18(2)31-32(23(22)29)21-14-12-20(28)13-15-21/h7-15H,6,29H2,1-5H3,(H,30,34)/t27-/m0/s1. The minimum atomic E-state index is -2.01. The predicted octanol–water partition coefficient (Wildman–Crippen LogP) is 4.75. The molecule has 1 atom stereocenters. The number of hydrogen-bond acceptors (Lipinski definition) is 6. The lowest BCUT2D eigenvalue weighted by molar-refractivity contribution is -0.149. The second-order valence-corrected chi connectivity index (χ2v) is 9.38. The number of nitrogens with two attached hydrogens (primary N) is 1. The van der Waals surface area contributed by atoms with Crippen LogP contribution in [0.5, 0.6) is 0 Å². The highest BCUT2D eigenvalue weighted by Gasteiger charge is 2.48. The van der Waals surface area contributed by atoms with E-state index in [2.05, 4.69) is 22.3 Å². The quantitative estimate of drug-likeness (QED) is 0.380. The van der Waals surface area contributed by atoms with Gasteiger partial charge in [-0.05, 0) is 71.0 Å². The van der Waals surface area contributed by atoms with Gasteiger partial charge in [-0.3, -0.25) is 5.32 Å². The largest absolute Gasteiger partial charge is 0.463 e. The summed E-state index contributed by atoms with van der Waals surface area (Å²) in [5.74, 6) is 5.19. The number of benzene rings is 2. The van der Waals surface area contributed by atoms with Gasteiger partial charge in [0.05, 0.1) is 23.6 Å². The Hall–Kier alpha value is -3.96. The fraction of sp³-hybridized carbons (Fsp3) is 0.296. The summed E-state index contributed by atoms with van der Waals surface area (Å²) in [6.45, 7) is 8.53. The van der Waals surface area contributed by atoms with Crippen molar-refractivity contribution in [1.29, 1.82) is 0 Å². The summed E-state index contributed by atoms with van der Waals surface area (Å²) in [7, 11) is 0. The number of nitrogen functional groups attached to an aromatic ring is 1. The minimum Gasteiger partial charge on any atom is -0.463 e. The van der Waals surface area contributed by atoms with Gasteiger partial charge in [-0.25, -0.2) is 14.3 Å². The normalized spacial score (nSPS) is 12.6. The van der Waals surface area contributed by atoms with Crippen LogP contribution < -0.4 is 11.1 Å². The van der Waals surface area contributed by atoms with Crippen LogP contribution in [0.25, 0.3) is 5.69 Å². The molecule has 1 aromatic heterocycles. The van der Waals surface area contributed by atoms with E-state index < -0.39 is 23.2 Å². The zero-order chi connectivity index (χ0) is 26.5. The molecule has 9 heteroatoms. The average molecular weight is 509 g/mol. The van der Waals surface area contributed by atoms with Crippen LogP contribution in [0.4, 0.5) is 10.6 Å². The number of aromatic nitrogens is 2. The summed E-state index contributed by atoms with van der Waals surface area (Å²) >= 11 is 6.03. The summed E-state index contributed by atoms with van der Waals surface area (Å²) in [5.41, 5.74) is 5.52. The van der Waals surface area contributed by atoms with E-state index in [4.69, 9.17) is 26.8 Å². The molecule has 1 amide bonds. The molecular weight excluding hydrogens is 480 g/mol. The summed E-state index contributed by atoms with van der Waals surface area (Å²) in [5, 5.41) is 7.73. The number of nitrogens with one attached hydrogen (secondary N) is 1. The van der Waals surface area contributed by atoms with Crippen molar-refractivity contribution in [3.63, 3.8) is 0 Å². The summed E-state index contributed by atoms with van der Waals surface area (Å²) in [4.78, 5) is 26.6. The maximum absolute atomic E-state index is 13.6. The number of amides is 1. The van der Waals surface area contributed by atoms with Crippen molar-refractivity contribution < 1.29 is 19.1 Å². The first-order chi connectivity index (χ1) is 17.0. The lowest BCUT2D eigenvalue weighted by atomic mass is 9.89. The Kier molecular flexibility index (Phi) is 7.96. The molecule has 0 saturated carbocycles. The molecule has 36 heavy (non-hydrogen) atoms. The van der Waals surface area contributed by atoms with Gasteiger partial charge in [0.25, 0.3) is 0 Å². The SMILES string of the molecule is CCOC(=O)[C@@](C#Cc1ccccc1)(NC(=O)OC(C)(C)C)c1c(C)nn(-c2ccc(Cl)cc2)c1N. The van der Waals surface area contributed by atoms with Crippen LogP contribution in [-0.2, 0) is 19.8 Å². The van der Waals surface area contributed by atoms with Crippen LogP contribution in [0.1, 0.15) is 44.5 Å². The third-order valence-corrected chi connectivity index (χ3v) is 5.23. The fourth-order valence-corrected chi connectivity index (χ4v) is 3.66. The van der Waals surface area contributed by atoms with Crippen molar-refractivity contribution in [3.8, 4) is 17.5 Å². The highest BCUT2D eigenvalue weighted by Crippen LogP contribution is 2.33. The van der Waals surface area contributed by atoms with Gasteiger partial charge < -0.3 is 15.2 Å². The van der Waals surface area contributed by atoms with Crippen molar-refractivity contribution >= 4 is 29.5 Å². The van der Waals surface area contributed by atoms with E-state index in [0.29, 0.717) is 22.0 Å². The molecule has 3 rings (SSSR count). The molecule has 0 fully saturated rings. The summed E-state index contributed by atoms with van der Waals surface area (Å²) in [6, 6.07) is 15.9. The molecule has 0 aliphatic carbocycles. The molecule has 0 radical (unpaired) electrons. The van der Waals surface area contributed by atoms with Crippen LogP contribution in [0.3, 0.4) is 0 Å². The Bertz CT molecular complexity index is 1300. The fourth-order valence-electron chi connectivity index (χ4n) is 3.53. The number of nitrogens with zero attached hydrogens (tertiary/aromatic N) is 2. The van der Waals surface area contributed by atoms with Gasteiger partial charge in [-0.2, -0.15) is 5.10 Å². The Morgan fingerprint density at radius 3 is 2.33 bits per heavy atom. The molecule has 8 nitrogen and oxygen atoms in total. The number of carbonyl (C=O) groups excluding carboxylic acids is 2. The number of alkyl carbamates (subject to hydrolysis) is 1. The topological polar surface area (TPSA) is 108 Å². The second-order valence-electron chi connectivity index (χ2n) is 8.95.